The van der Waals surface area contributed by atoms with E-state index in [1.807, 2.05) is 30.3 Å². The third kappa shape index (κ3) is 2.17. The standard InChI is InChI=1S/C17H18N4/c1-10-13(9-11-7-8-11)14-15(18)20-16(21-17(14)19-10)12-5-3-2-4-6-12/h2-6,11H,7-9H2,1H3,(H3,18,19,20,21). The molecule has 0 radical (unpaired) electrons. The number of benzene rings is 1. The van der Waals surface area contributed by atoms with Crippen molar-refractivity contribution < 1.29 is 0 Å². The number of nitrogen functional groups attached to an aromatic ring is 1. The third-order valence-electron chi connectivity index (χ3n) is 4.22. The molecule has 2 aromatic heterocycles. The largest absolute Gasteiger partial charge is 0.383 e. The molecule has 2 heterocycles. The number of nitrogens with one attached hydrogen (secondary N) is 1. The predicted molar refractivity (Wildman–Crippen MR) is 84.9 cm³/mol. The molecular weight excluding hydrogens is 260 g/mol. The second-order valence-electron chi connectivity index (χ2n) is 5.90. The first kappa shape index (κ1) is 12.4. The first-order chi connectivity index (χ1) is 10.2. The van der Waals surface area contributed by atoms with E-state index in [2.05, 4.69) is 21.9 Å². The summed E-state index contributed by atoms with van der Waals surface area (Å²) in [6.45, 7) is 2.10. The minimum Gasteiger partial charge on any atom is -0.383 e. The van der Waals surface area contributed by atoms with E-state index in [1.165, 1.54) is 24.1 Å². The van der Waals surface area contributed by atoms with Gasteiger partial charge in [0.1, 0.15) is 11.5 Å². The van der Waals surface area contributed by atoms with Crippen LogP contribution < -0.4 is 5.73 Å². The van der Waals surface area contributed by atoms with Crippen LogP contribution in [0.25, 0.3) is 22.4 Å². The molecule has 1 fully saturated rings. The maximum Gasteiger partial charge on any atom is 0.163 e. The molecule has 3 aromatic rings. The number of anilines is 1. The highest BCUT2D eigenvalue weighted by Gasteiger charge is 2.25. The smallest absolute Gasteiger partial charge is 0.163 e. The SMILES string of the molecule is Cc1[nH]c2nc(-c3ccccc3)nc(N)c2c1CC1CC1. The van der Waals surface area contributed by atoms with Gasteiger partial charge in [0.15, 0.2) is 5.82 Å². The molecular formula is C17H18N4. The van der Waals surface area contributed by atoms with Crippen LogP contribution in [0.2, 0.25) is 0 Å². The molecule has 0 unspecified atom stereocenters. The number of aryl methyl sites for hydroxylation is 1. The van der Waals surface area contributed by atoms with Gasteiger partial charge in [0.25, 0.3) is 0 Å². The molecule has 0 atom stereocenters. The van der Waals surface area contributed by atoms with Gasteiger partial charge < -0.3 is 10.7 Å². The lowest BCUT2D eigenvalue weighted by Crippen LogP contribution is -1.98. The van der Waals surface area contributed by atoms with E-state index in [4.69, 9.17) is 5.73 Å². The van der Waals surface area contributed by atoms with Gasteiger partial charge in [0.2, 0.25) is 0 Å². The molecule has 4 rings (SSSR count). The van der Waals surface area contributed by atoms with Crippen LogP contribution in [0.15, 0.2) is 30.3 Å². The molecule has 21 heavy (non-hydrogen) atoms. The Balaban J connectivity index is 1.87. The average molecular weight is 278 g/mol. The maximum atomic E-state index is 6.23. The Morgan fingerprint density at radius 1 is 1.19 bits per heavy atom. The highest BCUT2D eigenvalue weighted by molar-refractivity contribution is 5.92. The van der Waals surface area contributed by atoms with E-state index < -0.39 is 0 Å². The van der Waals surface area contributed by atoms with Crippen molar-refractivity contribution in [2.45, 2.75) is 26.2 Å². The van der Waals surface area contributed by atoms with E-state index in [-0.39, 0.29) is 0 Å². The summed E-state index contributed by atoms with van der Waals surface area (Å²) in [5.74, 6) is 2.08. The van der Waals surface area contributed by atoms with E-state index in [0.717, 1.165) is 28.9 Å². The lowest BCUT2D eigenvalue weighted by atomic mass is 10.1. The molecule has 1 aromatic carbocycles. The Morgan fingerprint density at radius 3 is 2.67 bits per heavy atom. The number of fused-ring (bicyclic) bond motifs is 1. The Kier molecular flexibility index (Phi) is 2.70. The van der Waals surface area contributed by atoms with Crippen LogP contribution in [0.1, 0.15) is 24.1 Å². The van der Waals surface area contributed by atoms with Crippen molar-refractivity contribution in [1.82, 2.24) is 15.0 Å². The molecule has 4 nitrogen and oxygen atoms in total. The fraction of sp³-hybridized carbons (Fsp3) is 0.294. The summed E-state index contributed by atoms with van der Waals surface area (Å²) in [6, 6.07) is 9.95. The van der Waals surface area contributed by atoms with E-state index in [1.54, 1.807) is 0 Å². The fourth-order valence-corrected chi connectivity index (χ4v) is 2.89. The summed E-state index contributed by atoms with van der Waals surface area (Å²) in [7, 11) is 0. The van der Waals surface area contributed by atoms with Gasteiger partial charge in [-0.3, -0.25) is 0 Å². The molecule has 0 saturated heterocycles. The van der Waals surface area contributed by atoms with Crippen molar-refractivity contribution in [3.05, 3.63) is 41.6 Å². The van der Waals surface area contributed by atoms with Crippen LogP contribution in [0.5, 0.6) is 0 Å². The number of hydrogen-bond donors (Lipinski definition) is 2. The summed E-state index contributed by atoms with van der Waals surface area (Å²) in [5, 5.41) is 1.01. The van der Waals surface area contributed by atoms with Crippen molar-refractivity contribution in [1.29, 1.82) is 0 Å². The fourth-order valence-electron chi connectivity index (χ4n) is 2.89. The van der Waals surface area contributed by atoms with Gasteiger partial charge in [0.05, 0.1) is 5.39 Å². The van der Waals surface area contributed by atoms with Crippen LogP contribution in [0.3, 0.4) is 0 Å². The van der Waals surface area contributed by atoms with Crippen molar-refractivity contribution >= 4 is 16.9 Å². The van der Waals surface area contributed by atoms with Crippen molar-refractivity contribution in [3.63, 3.8) is 0 Å². The number of nitrogens with two attached hydrogens (primary N) is 1. The van der Waals surface area contributed by atoms with Gasteiger partial charge in [-0.05, 0) is 37.7 Å². The van der Waals surface area contributed by atoms with Crippen LogP contribution in [0, 0.1) is 12.8 Å². The number of hydrogen-bond acceptors (Lipinski definition) is 3. The average Bonchev–Trinajstić information content (AvgIpc) is 3.24. The van der Waals surface area contributed by atoms with Gasteiger partial charge in [-0.15, -0.1) is 0 Å². The molecule has 1 aliphatic carbocycles. The van der Waals surface area contributed by atoms with E-state index in [9.17, 15) is 0 Å². The second-order valence-corrected chi connectivity index (χ2v) is 5.90. The maximum absolute atomic E-state index is 6.23. The summed E-state index contributed by atoms with van der Waals surface area (Å²) in [5.41, 5.74) is 10.5. The van der Waals surface area contributed by atoms with Gasteiger partial charge in [-0.2, -0.15) is 0 Å². The normalized spacial score (nSPS) is 14.7. The number of aromatic nitrogens is 3. The van der Waals surface area contributed by atoms with Gasteiger partial charge in [-0.25, -0.2) is 9.97 Å². The third-order valence-corrected chi connectivity index (χ3v) is 4.22. The minimum absolute atomic E-state index is 0.582. The van der Waals surface area contributed by atoms with Gasteiger partial charge >= 0.3 is 0 Å². The summed E-state index contributed by atoms with van der Waals surface area (Å²) in [6.07, 6.45) is 3.74. The minimum atomic E-state index is 0.582. The molecule has 0 spiro atoms. The highest BCUT2D eigenvalue weighted by Crippen LogP contribution is 2.37. The number of aromatic amines is 1. The molecule has 0 bridgehead atoms. The quantitative estimate of drug-likeness (QED) is 0.771. The Hall–Kier alpha value is -2.36. The topological polar surface area (TPSA) is 67.6 Å². The molecule has 0 aliphatic heterocycles. The first-order valence-corrected chi connectivity index (χ1v) is 7.42. The molecule has 4 heteroatoms. The molecule has 106 valence electrons. The summed E-state index contributed by atoms with van der Waals surface area (Å²) >= 11 is 0. The van der Waals surface area contributed by atoms with Crippen molar-refractivity contribution in [2.75, 3.05) is 5.73 Å². The number of nitrogens with zero attached hydrogens (tertiary/aromatic N) is 2. The van der Waals surface area contributed by atoms with Crippen molar-refractivity contribution in [2.24, 2.45) is 5.92 Å². The zero-order chi connectivity index (χ0) is 14.4. The zero-order valence-corrected chi connectivity index (χ0v) is 12.1. The highest BCUT2D eigenvalue weighted by atomic mass is 15.0. The van der Waals surface area contributed by atoms with Crippen LogP contribution in [0.4, 0.5) is 5.82 Å². The lowest BCUT2D eigenvalue weighted by molar-refractivity contribution is 0.831. The molecule has 3 N–H and O–H groups in total. The van der Waals surface area contributed by atoms with Crippen LogP contribution in [-0.2, 0) is 6.42 Å². The predicted octanol–water partition coefficient (Wildman–Crippen LogP) is 3.47. The van der Waals surface area contributed by atoms with Crippen LogP contribution in [-0.4, -0.2) is 15.0 Å². The Bertz CT molecular complexity index is 801. The number of rotatable bonds is 3. The first-order valence-electron chi connectivity index (χ1n) is 7.42. The second kappa shape index (κ2) is 4.58. The van der Waals surface area contributed by atoms with E-state index >= 15 is 0 Å². The van der Waals surface area contributed by atoms with Crippen LogP contribution >= 0.6 is 0 Å². The van der Waals surface area contributed by atoms with Gasteiger partial charge in [0, 0.05) is 11.3 Å². The van der Waals surface area contributed by atoms with E-state index in [0.29, 0.717) is 11.6 Å². The molecule has 1 saturated carbocycles. The summed E-state index contributed by atoms with van der Waals surface area (Å²) < 4.78 is 0. The number of H-pyrrole nitrogens is 1. The zero-order valence-electron chi connectivity index (χ0n) is 12.1. The molecule has 0 amide bonds. The van der Waals surface area contributed by atoms with Crippen molar-refractivity contribution in [3.8, 4) is 11.4 Å². The Morgan fingerprint density at radius 2 is 1.95 bits per heavy atom. The monoisotopic (exact) mass is 278 g/mol. The molecule has 1 aliphatic rings. The Labute approximate surface area is 123 Å². The van der Waals surface area contributed by atoms with Gasteiger partial charge in [-0.1, -0.05) is 30.3 Å². The summed E-state index contributed by atoms with van der Waals surface area (Å²) in [4.78, 5) is 12.6. The lowest BCUT2D eigenvalue weighted by Gasteiger charge is -2.04.